The lowest BCUT2D eigenvalue weighted by Crippen LogP contribution is -2.30. The zero-order valence-corrected chi connectivity index (χ0v) is 10.9. The fraction of sp³-hybridized carbons (Fsp3) is 0.600. The van der Waals surface area contributed by atoms with Gasteiger partial charge in [0.05, 0.1) is 0 Å². The quantitative estimate of drug-likeness (QED) is 0.863. The lowest BCUT2D eigenvalue weighted by atomic mass is 9.86. The third-order valence-corrected chi connectivity index (χ3v) is 3.77. The highest BCUT2D eigenvalue weighted by molar-refractivity contribution is 5.26. The van der Waals surface area contributed by atoms with Crippen molar-refractivity contribution >= 4 is 0 Å². The van der Waals surface area contributed by atoms with Crippen molar-refractivity contribution in [2.24, 2.45) is 5.92 Å². The van der Waals surface area contributed by atoms with Crippen LogP contribution in [0.2, 0.25) is 0 Å². The second-order valence-electron chi connectivity index (χ2n) is 4.81. The van der Waals surface area contributed by atoms with Crippen LogP contribution in [0.5, 0.6) is 0 Å². The smallest absolute Gasteiger partial charge is 0.0469 e. The molecule has 1 aromatic carbocycles. The Morgan fingerprint density at radius 1 is 1.35 bits per heavy atom. The molecule has 0 amide bonds. The average molecular weight is 233 g/mol. The molecule has 0 bridgehead atoms. The summed E-state index contributed by atoms with van der Waals surface area (Å²) in [5, 5.41) is 3.48. The molecule has 1 N–H and O–H groups in total. The fourth-order valence-electron chi connectivity index (χ4n) is 2.73. The first kappa shape index (κ1) is 12.6. The van der Waals surface area contributed by atoms with Gasteiger partial charge in [0.1, 0.15) is 0 Å². The molecule has 0 saturated carbocycles. The van der Waals surface area contributed by atoms with Gasteiger partial charge in [-0.05, 0) is 43.4 Å². The predicted octanol–water partition coefficient (Wildman–Crippen LogP) is 2.94. The Morgan fingerprint density at radius 2 is 2.12 bits per heavy atom. The van der Waals surface area contributed by atoms with Crippen LogP contribution in [0.1, 0.15) is 36.9 Å². The number of ether oxygens (including phenoxy) is 1. The minimum Gasteiger partial charge on any atom is -0.381 e. The molecule has 0 aromatic heterocycles. The molecule has 0 aliphatic carbocycles. The van der Waals surface area contributed by atoms with Crippen molar-refractivity contribution < 1.29 is 4.74 Å². The number of nitrogens with one attached hydrogen (secondary N) is 1. The molecule has 1 atom stereocenters. The summed E-state index contributed by atoms with van der Waals surface area (Å²) in [7, 11) is 2.07. The number of aryl methyl sites for hydroxylation is 1. The topological polar surface area (TPSA) is 21.3 Å². The van der Waals surface area contributed by atoms with Crippen LogP contribution in [-0.2, 0) is 11.2 Å². The fourth-order valence-corrected chi connectivity index (χ4v) is 2.73. The molecule has 0 spiro atoms. The van der Waals surface area contributed by atoms with Crippen molar-refractivity contribution in [1.82, 2.24) is 5.32 Å². The first-order valence-corrected chi connectivity index (χ1v) is 6.69. The van der Waals surface area contributed by atoms with Gasteiger partial charge in [0, 0.05) is 19.3 Å². The largest absolute Gasteiger partial charge is 0.381 e. The Morgan fingerprint density at radius 3 is 2.76 bits per heavy atom. The molecule has 2 heteroatoms. The van der Waals surface area contributed by atoms with E-state index < -0.39 is 0 Å². The molecular weight excluding hydrogens is 210 g/mol. The van der Waals surface area contributed by atoms with Crippen LogP contribution in [-0.4, -0.2) is 20.3 Å². The van der Waals surface area contributed by atoms with E-state index in [4.69, 9.17) is 4.74 Å². The van der Waals surface area contributed by atoms with Crippen LogP contribution in [0.25, 0.3) is 0 Å². The second-order valence-corrected chi connectivity index (χ2v) is 4.81. The molecule has 17 heavy (non-hydrogen) atoms. The lowest BCUT2D eigenvalue weighted by Gasteiger charge is -2.30. The van der Waals surface area contributed by atoms with Crippen molar-refractivity contribution in [1.29, 1.82) is 0 Å². The van der Waals surface area contributed by atoms with Gasteiger partial charge in [0.25, 0.3) is 0 Å². The van der Waals surface area contributed by atoms with Gasteiger partial charge in [-0.1, -0.05) is 31.2 Å². The van der Waals surface area contributed by atoms with Crippen molar-refractivity contribution in [2.75, 3.05) is 20.3 Å². The highest BCUT2D eigenvalue weighted by atomic mass is 16.5. The maximum Gasteiger partial charge on any atom is 0.0469 e. The maximum atomic E-state index is 5.45. The lowest BCUT2D eigenvalue weighted by molar-refractivity contribution is 0.0546. The van der Waals surface area contributed by atoms with Crippen molar-refractivity contribution in [3.63, 3.8) is 0 Å². The summed E-state index contributed by atoms with van der Waals surface area (Å²) in [6.07, 6.45) is 3.45. The zero-order valence-electron chi connectivity index (χ0n) is 10.9. The van der Waals surface area contributed by atoms with E-state index in [9.17, 15) is 0 Å². The van der Waals surface area contributed by atoms with E-state index in [-0.39, 0.29) is 0 Å². The second kappa shape index (κ2) is 6.18. The van der Waals surface area contributed by atoms with Crippen LogP contribution < -0.4 is 5.32 Å². The van der Waals surface area contributed by atoms with Crippen molar-refractivity contribution in [3.05, 3.63) is 35.4 Å². The third kappa shape index (κ3) is 3.08. The number of benzene rings is 1. The molecule has 0 radical (unpaired) electrons. The summed E-state index contributed by atoms with van der Waals surface area (Å²) in [6, 6.07) is 9.45. The van der Waals surface area contributed by atoms with Gasteiger partial charge >= 0.3 is 0 Å². The Balaban J connectivity index is 2.15. The van der Waals surface area contributed by atoms with Crippen molar-refractivity contribution in [3.8, 4) is 0 Å². The van der Waals surface area contributed by atoms with Crippen molar-refractivity contribution in [2.45, 2.75) is 32.2 Å². The van der Waals surface area contributed by atoms with Crippen LogP contribution in [0.4, 0.5) is 0 Å². The normalized spacial score (nSPS) is 19.2. The molecule has 94 valence electrons. The Labute approximate surface area is 104 Å². The number of hydrogen-bond donors (Lipinski definition) is 1. The SMILES string of the molecule is CCc1cccc(C(NC)C2CCOCC2)c1. The minimum atomic E-state index is 0.477. The molecule has 1 saturated heterocycles. The van der Waals surface area contributed by atoms with Gasteiger partial charge < -0.3 is 10.1 Å². The van der Waals surface area contributed by atoms with E-state index in [1.807, 2.05) is 0 Å². The molecule has 2 nitrogen and oxygen atoms in total. The first-order chi connectivity index (χ1) is 8.35. The third-order valence-electron chi connectivity index (χ3n) is 3.77. The summed E-state index contributed by atoms with van der Waals surface area (Å²) < 4.78 is 5.45. The van der Waals surface area contributed by atoms with E-state index in [1.54, 1.807) is 0 Å². The molecular formula is C15H23NO. The summed E-state index contributed by atoms with van der Waals surface area (Å²) in [4.78, 5) is 0. The predicted molar refractivity (Wildman–Crippen MR) is 71.2 cm³/mol. The minimum absolute atomic E-state index is 0.477. The van der Waals surface area contributed by atoms with Gasteiger partial charge in [-0.25, -0.2) is 0 Å². The highest BCUT2D eigenvalue weighted by Gasteiger charge is 2.24. The summed E-state index contributed by atoms with van der Waals surface area (Å²) in [5.41, 5.74) is 2.86. The zero-order chi connectivity index (χ0) is 12.1. The van der Waals surface area contributed by atoms with Gasteiger partial charge in [-0.15, -0.1) is 0 Å². The van der Waals surface area contributed by atoms with Gasteiger partial charge in [0.15, 0.2) is 0 Å². The molecule has 2 rings (SSSR count). The van der Waals surface area contributed by atoms with E-state index >= 15 is 0 Å². The number of hydrogen-bond acceptors (Lipinski definition) is 2. The van der Waals surface area contributed by atoms with E-state index in [0.717, 1.165) is 19.6 Å². The van der Waals surface area contributed by atoms with Crippen LogP contribution in [0, 0.1) is 5.92 Å². The molecule has 1 fully saturated rings. The molecule has 1 aliphatic rings. The van der Waals surface area contributed by atoms with Crippen LogP contribution in [0.3, 0.4) is 0 Å². The molecule has 1 unspecified atom stereocenters. The molecule has 1 aromatic rings. The van der Waals surface area contributed by atoms with Gasteiger partial charge in [0.2, 0.25) is 0 Å². The van der Waals surface area contributed by atoms with E-state index in [2.05, 4.69) is 43.6 Å². The van der Waals surface area contributed by atoms with Gasteiger partial charge in [-0.3, -0.25) is 0 Å². The first-order valence-electron chi connectivity index (χ1n) is 6.69. The van der Waals surface area contributed by atoms with E-state index in [1.165, 1.54) is 24.0 Å². The Hall–Kier alpha value is -0.860. The maximum absolute atomic E-state index is 5.45. The van der Waals surface area contributed by atoms with Crippen LogP contribution in [0.15, 0.2) is 24.3 Å². The Kier molecular flexibility index (Phi) is 4.57. The molecule has 1 aliphatic heterocycles. The monoisotopic (exact) mass is 233 g/mol. The standard InChI is InChI=1S/C15H23NO/c1-3-12-5-4-6-14(11-12)15(16-2)13-7-9-17-10-8-13/h4-6,11,13,15-16H,3,7-10H2,1-2H3. The molecule has 1 heterocycles. The summed E-state index contributed by atoms with van der Waals surface area (Å²) in [6.45, 7) is 4.04. The van der Waals surface area contributed by atoms with Crippen LogP contribution >= 0.6 is 0 Å². The summed E-state index contributed by atoms with van der Waals surface area (Å²) >= 11 is 0. The average Bonchev–Trinajstić information content (AvgIpc) is 2.41. The number of rotatable bonds is 4. The Bertz CT molecular complexity index is 345. The summed E-state index contributed by atoms with van der Waals surface area (Å²) in [5.74, 6) is 0.709. The highest BCUT2D eigenvalue weighted by Crippen LogP contribution is 2.30. The van der Waals surface area contributed by atoms with Gasteiger partial charge in [-0.2, -0.15) is 0 Å². The van der Waals surface area contributed by atoms with E-state index in [0.29, 0.717) is 12.0 Å².